The first-order valence-electron chi connectivity index (χ1n) is 7.63. The maximum absolute atomic E-state index is 12.0. The SMILES string of the molecule is CC(O)[C@@]12CC(=O)N1C(C(=O)O)=C(SC1CCn3cnnc3C1)S2. The van der Waals surface area contributed by atoms with Gasteiger partial charge in [-0.05, 0) is 13.3 Å². The second-order valence-corrected chi connectivity index (χ2v) is 9.03. The standard InChI is InChI=1S/C14H16N4O4S2/c1-7(19)14-5-10(20)18(14)11(12(21)22)13(24-14)23-8-2-3-17-6-15-16-9(17)4-8/h6-8,19H,2-5H2,1H3,(H,21,22)/t7?,8?,14-/m0/s1. The molecule has 2 unspecified atom stereocenters. The molecule has 2 N–H and O–H groups in total. The first kappa shape index (κ1) is 16.0. The van der Waals surface area contributed by atoms with Crippen molar-refractivity contribution >= 4 is 35.4 Å². The van der Waals surface area contributed by atoms with Crippen molar-refractivity contribution in [1.29, 1.82) is 0 Å². The predicted octanol–water partition coefficient (Wildman–Crippen LogP) is 0.636. The third-order valence-electron chi connectivity index (χ3n) is 4.65. The molecule has 3 atom stereocenters. The number of hydrogen-bond acceptors (Lipinski definition) is 7. The lowest BCUT2D eigenvalue weighted by Gasteiger charge is -2.48. The molecule has 128 valence electrons. The van der Waals surface area contributed by atoms with Gasteiger partial charge in [-0.15, -0.1) is 22.0 Å². The summed E-state index contributed by atoms with van der Waals surface area (Å²) in [5, 5.41) is 27.9. The van der Waals surface area contributed by atoms with Crippen LogP contribution in [0.25, 0.3) is 0 Å². The van der Waals surface area contributed by atoms with E-state index in [9.17, 15) is 19.8 Å². The molecule has 0 aromatic carbocycles. The van der Waals surface area contributed by atoms with Gasteiger partial charge in [0.2, 0.25) is 5.91 Å². The van der Waals surface area contributed by atoms with Gasteiger partial charge in [-0.3, -0.25) is 9.69 Å². The number of rotatable bonds is 4. The summed E-state index contributed by atoms with van der Waals surface area (Å²) in [5.41, 5.74) is 0.00851. The summed E-state index contributed by atoms with van der Waals surface area (Å²) in [6.07, 6.45) is 2.65. The van der Waals surface area contributed by atoms with E-state index in [2.05, 4.69) is 10.2 Å². The molecule has 1 aromatic rings. The van der Waals surface area contributed by atoms with E-state index in [0.29, 0.717) is 10.7 Å². The Morgan fingerprint density at radius 3 is 3.04 bits per heavy atom. The van der Waals surface area contributed by atoms with Crippen molar-refractivity contribution < 1.29 is 19.8 Å². The van der Waals surface area contributed by atoms with Gasteiger partial charge in [-0.1, -0.05) is 11.8 Å². The highest BCUT2D eigenvalue weighted by atomic mass is 32.2. The van der Waals surface area contributed by atoms with Crippen LogP contribution in [0.1, 0.15) is 25.6 Å². The molecule has 0 spiro atoms. The van der Waals surface area contributed by atoms with E-state index < -0.39 is 16.9 Å². The summed E-state index contributed by atoms with van der Waals surface area (Å²) in [7, 11) is 0. The number of hydrogen-bond donors (Lipinski definition) is 2. The van der Waals surface area contributed by atoms with Crippen LogP contribution in [0.2, 0.25) is 0 Å². The molecule has 0 radical (unpaired) electrons. The fourth-order valence-corrected chi connectivity index (χ4v) is 6.67. The molecule has 3 aliphatic heterocycles. The predicted molar refractivity (Wildman–Crippen MR) is 87.8 cm³/mol. The molecule has 1 saturated heterocycles. The maximum Gasteiger partial charge on any atom is 0.354 e. The molecule has 0 bridgehead atoms. The van der Waals surface area contributed by atoms with Crippen LogP contribution in [0, 0.1) is 0 Å². The summed E-state index contributed by atoms with van der Waals surface area (Å²) in [5.74, 6) is -0.483. The number of carboxylic acid groups (broad SMARTS) is 1. The normalized spacial score (nSPS) is 30.0. The van der Waals surface area contributed by atoms with Gasteiger partial charge in [0.15, 0.2) is 5.70 Å². The third kappa shape index (κ3) is 2.20. The number of thioether (sulfide) groups is 2. The van der Waals surface area contributed by atoms with E-state index in [0.717, 1.165) is 18.8 Å². The number of carbonyl (C=O) groups is 2. The minimum atomic E-state index is -1.13. The van der Waals surface area contributed by atoms with E-state index in [1.807, 2.05) is 4.57 Å². The lowest BCUT2D eigenvalue weighted by atomic mass is 9.95. The van der Waals surface area contributed by atoms with E-state index in [-0.39, 0.29) is 23.3 Å². The summed E-state index contributed by atoms with van der Waals surface area (Å²) < 4.78 is 2.60. The Labute approximate surface area is 146 Å². The van der Waals surface area contributed by atoms with Crippen LogP contribution in [0.15, 0.2) is 16.3 Å². The zero-order valence-corrected chi connectivity index (χ0v) is 14.5. The van der Waals surface area contributed by atoms with Crippen LogP contribution < -0.4 is 0 Å². The van der Waals surface area contributed by atoms with Crippen molar-refractivity contribution in [2.45, 2.75) is 49.0 Å². The fourth-order valence-electron chi connectivity index (χ4n) is 3.34. The van der Waals surface area contributed by atoms with Crippen LogP contribution in [0.5, 0.6) is 0 Å². The zero-order chi connectivity index (χ0) is 17.1. The average Bonchev–Trinajstić information content (AvgIpc) is 3.07. The van der Waals surface area contributed by atoms with Gasteiger partial charge in [0.05, 0.1) is 16.8 Å². The van der Waals surface area contributed by atoms with Gasteiger partial charge < -0.3 is 14.8 Å². The summed E-state index contributed by atoms with van der Waals surface area (Å²) in [6.45, 7) is 2.40. The molecule has 10 heteroatoms. The van der Waals surface area contributed by atoms with Crippen molar-refractivity contribution in [2.75, 3.05) is 0 Å². The highest BCUT2D eigenvalue weighted by molar-refractivity contribution is 8.23. The molecular weight excluding hydrogens is 352 g/mol. The number of aromatic nitrogens is 3. The topological polar surface area (TPSA) is 109 Å². The molecule has 4 heterocycles. The first-order chi connectivity index (χ1) is 11.4. The quantitative estimate of drug-likeness (QED) is 0.745. The van der Waals surface area contributed by atoms with Crippen LogP contribution in [-0.2, 0) is 22.6 Å². The Balaban J connectivity index is 1.60. The lowest BCUT2D eigenvalue weighted by Crippen LogP contribution is -2.64. The summed E-state index contributed by atoms with van der Waals surface area (Å²) >= 11 is 2.78. The maximum atomic E-state index is 12.0. The number of aliphatic carboxylic acids is 1. The number of carboxylic acids is 1. The molecule has 1 fully saturated rings. The van der Waals surface area contributed by atoms with Gasteiger partial charge >= 0.3 is 5.97 Å². The van der Waals surface area contributed by atoms with Crippen LogP contribution in [0.3, 0.4) is 0 Å². The minimum absolute atomic E-state index is 0.00851. The smallest absolute Gasteiger partial charge is 0.354 e. The molecule has 4 rings (SSSR count). The minimum Gasteiger partial charge on any atom is -0.477 e. The largest absolute Gasteiger partial charge is 0.477 e. The molecule has 1 aromatic heterocycles. The highest BCUT2D eigenvalue weighted by Gasteiger charge is 2.63. The van der Waals surface area contributed by atoms with Crippen molar-refractivity contribution in [2.24, 2.45) is 0 Å². The number of β-lactam (4-membered cyclic amide) rings is 1. The molecule has 8 nitrogen and oxygen atoms in total. The highest BCUT2D eigenvalue weighted by Crippen LogP contribution is 2.60. The summed E-state index contributed by atoms with van der Waals surface area (Å²) in [4.78, 5) is 24.1. The van der Waals surface area contributed by atoms with Crippen LogP contribution in [-0.4, -0.2) is 58.0 Å². The third-order valence-corrected chi connectivity index (χ3v) is 7.73. The molecule has 0 aliphatic carbocycles. The van der Waals surface area contributed by atoms with Crippen molar-refractivity contribution in [3.63, 3.8) is 0 Å². The number of aliphatic hydroxyl groups is 1. The van der Waals surface area contributed by atoms with E-state index in [1.165, 1.54) is 28.4 Å². The number of nitrogens with zero attached hydrogens (tertiary/aromatic N) is 4. The zero-order valence-electron chi connectivity index (χ0n) is 12.9. The van der Waals surface area contributed by atoms with Crippen LogP contribution >= 0.6 is 23.5 Å². The van der Waals surface area contributed by atoms with E-state index >= 15 is 0 Å². The molecule has 1 amide bonds. The second kappa shape index (κ2) is 5.50. The second-order valence-electron chi connectivity index (χ2n) is 6.14. The van der Waals surface area contributed by atoms with E-state index in [4.69, 9.17) is 0 Å². The van der Waals surface area contributed by atoms with Gasteiger partial charge in [0, 0.05) is 18.2 Å². The Bertz CT molecular complexity index is 762. The van der Waals surface area contributed by atoms with Crippen molar-refractivity contribution in [3.8, 4) is 0 Å². The Kier molecular flexibility index (Phi) is 3.66. The Morgan fingerprint density at radius 1 is 1.58 bits per heavy atom. The monoisotopic (exact) mass is 368 g/mol. The Morgan fingerprint density at radius 2 is 2.38 bits per heavy atom. The number of aliphatic hydroxyl groups excluding tert-OH is 1. The first-order valence-corrected chi connectivity index (χ1v) is 9.33. The number of amides is 1. The molecule has 0 saturated carbocycles. The molecular formula is C14H16N4O4S2. The number of aryl methyl sites for hydroxylation is 1. The van der Waals surface area contributed by atoms with Crippen molar-refractivity contribution in [1.82, 2.24) is 19.7 Å². The molecule has 3 aliphatic rings. The lowest BCUT2D eigenvalue weighted by molar-refractivity contribution is -0.155. The van der Waals surface area contributed by atoms with E-state index in [1.54, 1.807) is 13.3 Å². The van der Waals surface area contributed by atoms with Gasteiger partial charge in [-0.2, -0.15) is 0 Å². The average molecular weight is 368 g/mol. The number of carbonyl (C=O) groups excluding carboxylic acids is 1. The fraction of sp³-hybridized carbons (Fsp3) is 0.571. The Hall–Kier alpha value is -1.52. The van der Waals surface area contributed by atoms with Gasteiger partial charge in [-0.25, -0.2) is 4.79 Å². The van der Waals surface area contributed by atoms with Crippen molar-refractivity contribution in [3.05, 3.63) is 22.1 Å². The van der Waals surface area contributed by atoms with Gasteiger partial charge in [0.1, 0.15) is 17.0 Å². The molecule has 24 heavy (non-hydrogen) atoms. The summed E-state index contributed by atoms with van der Waals surface area (Å²) in [6, 6.07) is 0. The van der Waals surface area contributed by atoms with Gasteiger partial charge in [0.25, 0.3) is 0 Å². The van der Waals surface area contributed by atoms with Crippen LogP contribution in [0.4, 0.5) is 0 Å². The number of fused-ring (bicyclic) bond motifs is 2.